The minimum absolute atomic E-state index is 0.0427. The van der Waals surface area contributed by atoms with E-state index < -0.39 is 15.8 Å². The molecule has 1 aromatic rings. The molecule has 0 aliphatic heterocycles. The Labute approximate surface area is 93.3 Å². The predicted octanol–water partition coefficient (Wildman–Crippen LogP) is 0.541. The molecule has 0 radical (unpaired) electrons. The Morgan fingerprint density at radius 1 is 1.19 bits per heavy atom. The van der Waals surface area contributed by atoms with Crippen molar-refractivity contribution < 1.29 is 23.4 Å². The van der Waals surface area contributed by atoms with Crippen LogP contribution >= 0.6 is 0 Å². The third kappa shape index (κ3) is 3.04. The van der Waals surface area contributed by atoms with Gasteiger partial charge in [0.25, 0.3) is 0 Å². The number of rotatable bonds is 5. The molecule has 0 saturated heterocycles. The molecular formula is C10H12O5S. The Balaban J connectivity index is 2.93. The van der Waals surface area contributed by atoms with E-state index in [2.05, 4.69) is 0 Å². The predicted molar refractivity (Wildman–Crippen MR) is 57.2 cm³/mol. The van der Waals surface area contributed by atoms with Crippen molar-refractivity contribution >= 4 is 15.8 Å². The van der Waals surface area contributed by atoms with Crippen LogP contribution in [0.2, 0.25) is 0 Å². The van der Waals surface area contributed by atoms with Crippen LogP contribution in [0.25, 0.3) is 0 Å². The van der Waals surface area contributed by atoms with Gasteiger partial charge >= 0.3 is 5.97 Å². The van der Waals surface area contributed by atoms with Crippen LogP contribution in [0.4, 0.5) is 0 Å². The first kappa shape index (κ1) is 12.7. The summed E-state index contributed by atoms with van der Waals surface area (Å²) in [6.07, 6.45) is 0.170. The second-order valence-corrected chi connectivity index (χ2v) is 5.33. The van der Waals surface area contributed by atoms with E-state index in [0.717, 1.165) is 0 Å². The normalized spacial score (nSPS) is 11.3. The summed E-state index contributed by atoms with van der Waals surface area (Å²) in [5.74, 6) is -1.24. The molecule has 0 aliphatic rings. The minimum Gasteiger partial charge on any atom is -0.478 e. The Hall–Kier alpha value is -1.40. The molecule has 0 unspecified atom stereocenters. The van der Waals surface area contributed by atoms with E-state index in [9.17, 15) is 13.2 Å². The van der Waals surface area contributed by atoms with Gasteiger partial charge in [-0.15, -0.1) is 0 Å². The molecule has 0 fully saturated rings. The van der Waals surface area contributed by atoms with E-state index in [4.69, 9.17) is 10.2 Å². The highest BCUT2D eigenvalue weighted by atomic mass is 32.2. The van der Waals surface area contributed by atoms with Crippen molar-refractivity contribution in [2.75, 3.05) is 12.4 Å². The van der Waals surface area contributed by atoms with Gasteiger partial charge in [-0.1, -0.05) is 0 Å². The molecule has 16 heavy (non-hydrogen) atoms. The first-order chi connectivity index (χ1) is 7.47. The monoisotopic (exact) mass is 244 g/mol. The van der Waals surface area contributed by atoms with Crippen LogP contribution in [0.1, 0.15) is 16.8 Å². The Morgan fingerprint density at radius 3 is 2.19 bits per heavy atom. The summed E-state index contributed by atoms with van der Waals surface area (Å²) in [5, 5.41) is 17.2. The first-order valence-electron chi connectivity index (χ1n) is 4.64. The van der Waals surface area contributed by atoms with Crippen molar-refractivity contribution in [3.05, 3.63) is 29.8 Å². The van der Waals surface area contributed by atoms with Crippen LogP contribution in [0.15, 0.2) is 29.2 Å². The maximum atomic E-state index is 11.6. The third-order valence-corrected chi connectivity index (χ3v) is 3.85. The summed E-state index contributed by atoms with van der Waals surface area (Å²) >= 11 is 0. The molecule has 0 aliphatic carbocycles. The van der Waals surface area contributed by atoms with Gasteiger partial charge < -0.3 is 10.2 Å². The smallest absolute Gasteiger partial charge is 0.335 e. The number of carbonyl (C=O) groups is 1. The van der Waals surface area contributed by atoms with E-state index >= 15 is 0 Å². The minimum atomic E-state index is -3.42. The van der Waals surface area contributed by atoms with Crippen LogP contribution in [0.3, 0.4) is 0 Å². The Morgan fingerprint density at radius 2 is 1.75 bits per heavy atom. The van der Waals surface area contributed by atoms with Gasteiger partial charge in [0.2, 0.25) is 0 Å². The van der Waals surface area contributed by atoms with Gasteiger partial charge in [-0.25, -0.2) is 13.2 Å². The molecule has 0 aromatic heterocycles. The molecule has 0 atom stereocenters. The van der Waals surface area contributed by atoms with E-state index in [-0.39, 0.29) is 29.2 Å². The maximum absolute atomic E-state index is 11.6. The topological polar surface area (TPSA) is 91.7 Å². The molecule has 0 spiro atoms. The van der Waals surface area contributed by atoms with E-state index in [1.807, 2.05) is 0 Å². The van der Waals surface area contributed by atoms with Crippen LogP contribution in [0.5, 0.6) is 0 Å². The lowest BCUT2D eigenvalue weighted by Crippen LogP contribution is -2.08. The highest BCUT2D eigenvalue weighted by molar-refractivity contribution is 7.91. The summed E-state index contributed by atoms with van der Waals surface area (Å²) in [6, 6.07) is 5.01. The number of aromatic carboxylic acids is 1. The van der Waals surface area contributed by atoms with E-state index in [1.54, 1.807) is 0 Å². The zero-order valence-electron chi connectivity index (χ0n) is 8.46. The van der Waals surface area contributed by atoms with Gasteiger partial charge in [0.15, 0.2) is 9.84 Å². The number of hydrogen-bond donors (Lipinski definition) is 2. The Kier molecular flexibility index (Phi) is 4.03. The molecule has 0 heterocycles. The summed E-state index contributed by atoms with van der Waals surface area (Å²) in [7, 11) is -3.42. The fourth-order valence-corrected chi connectivity index (χ4v) is 2.47. The molecule has 1 rings (SSSR count). The highest BCUT2D eigenvalue weighted by Gasteiger charge is 2.14. The fourth-order valence-electron chi connectivity index (χ4n) is 1.18. The number of carboxylic acids is 1. The number of sulfone groups is 1. The molecule has 0 bridgehead atoms. The number of aliphatic hydroxyl groups is 1. The second kappa shape index (κ2) is 5.09. The van der Waals surface area contributed by atoms with Gasteiger partial charge in [-0.05, 0) is 30.7 Å². The maximum Gasteiger partial charge on any atom is 0.335 e. The van der Waals surface area contributed by atoms with Crippen molar-refractivity contribution in [3.63, 3.8) is 0 Å². The number of aliphatic hydroxyl groups excluding tert-OH is 1. The Bertz CT molecular complexity index is 460. The fraction of sp³-hybridized carbons (Fsp3) is 0.300. The van der Waals surface area contributed by atoms with Crippen molar-refractivity contribution in [1.82, 2.24) is 0 Å². The van der Waals surface area contributed by atoms with Crippen molar-refractivity contribution in [2.45, 2.75) is 11.3 Å². The van der Waals surface area contributed by atoms with Crippen LogP contribution in [-0.2, 0) is 9.84 Å². The van der Waals surface area contributed by atoms with E-state index in [1.165, 1.54) is 24.3 Å². The molecule has 1 aromatic carbocycles. The van der Waals surface area contributed by atoms with Gasteiger partial charge in [0, 0.05) is 6.61 Å². The van der Waals surface area contributed by atoms with Crippen LogP contribution in [0, 0.1) is 0 Å². The van der Waals surface area contributed by atoms with Crippen molar-refractivity contribution in [3.8, 4) is 0 Å². The molecule has 88 valence electrons. The van der Waals surface area contributed by atoms with Crippen molar-refractivity contribution in [1.29, 1.82) is 0 Å². The average molecular weight is 244 g/mol. The van der Waals surface area contributed by atoms with Crippen molar-refractivity contribution in [2.24, 2.45) is 0 Å². The molecular weight excluding hydrogens is 232 g/mol. The average Bonchev–Trinajstić information content (AvgIpc) is 2.26. The number of carboxylic acid groups (broad SMARTS) is 1. The molecule has 5 nitrogen and oxygen atoms in total. The van der Waals surface area contributed by atoms with Gasteiger partial charge in [-0.3, -0.25) is 0 Å². The lowest BCUT2D eigenvalue weighted by Gasteiger charge is -2.03. The van der Waals surface area contributed by atoms with Crippen LogP contribution < -0.4 is 0 Å². The summed E-state index contributed by atoms with van der Waals surface area (Å²) in [6.45, 7) is -0.188. The van der Waals surface area contributed by atoms with Crippen LogP contribution in [-0.4, -0.2) is 37.0 Å². The largest absolute Gasteiger partial charge is 0.478 e. The zero-order valence-corrected chi connectivity index (χ0v) is 9.27. The standard InChI is InChI=1S/C10H12O5S/c11-6-1-7-16(14,15)9-4-2-8(3-5-9)10(12)13/h2-5,11H,1,6-7H2,(H,12,13). The lowest BCUT2D eigenvalue weighted by molar-refractivity contribution is 0.0696. The quantitative estimate of drug-likeness (QED) is 0.788. The van der Waals surface area contributed by atoms with E-state index in [0.29, 0.717) is 0 Å². The lowest BCUT2D eigenvalue weighted by atomic mass is 10.2. The van der Waals surface area contributed by atoms with Gasteiger partial charge in [-0.2, -0.15) is 0 Å². The molecule has 0 amide bonds. The summed E-state index contributed by atoms with van der Waals surface area (Å²) in [5.41, 5.74) is 0.0427. The zero-order chi connectivity index (χ0) is 12.2. The highest BCUT2D eigenvalue weighted by Crippen LogP contribution is 2.13. The summed E-state index contributed by atoms with van der Waals surface area (Å²) < 4.78 is 23.2. The van der Waals surface area contributed by atoms with Gasteiger partial charge in [0.05, 0.1) is 16.2 Å². The summed E-state index contributed by atoms with van der Waals surface area (Å²) in [4.78, 5) is 10.6. The molecule has 2 N–H and O–H groups in total. The molecule has 6 heteroatoms. The third-order valence-electron chi connectivity index (χ3n) is 2.03. The van der Waals surface area contributed by atoms with Gasteiger partial charge in [0.1, 0.15) is 0 Å². The first-order valence-corrected chi connectivity index (χ1v) is 6.29. The number of benzene rings is 1. The molecule has 0 saturated carbocycles. The second-order valence-electron chi connectivity index (χ2n) is 3.23. The SMILES string of the molecule is O=C(O)c1ccc(S(=O)(=O)CCCO)cc1. The number of hydrogen-bond acceptors (Lipinski definition) is 4.